The maximum absolute atomic E-state index is 12.5. The number of methoxy groups -OCH3 is 1. The van der Waals surface area contributed by atoms with Crippen molar-refractivity contribution in [2.45, 2.75) is 32.6 Å². The highest BCUT2D eigenvalue weighted by Gasteiger charge is 2.50. The van der Waals surface area contributed by atoms with E-state index in [0.29, 0.717) is 29.7 Å². The average Bonchev–Trinajstić information content (AvgIpc) is 2.70. The monoisotopic (exact) mass is 395 g/mol. The van der Waals surface area contributed by atoms with Crippen LogP contribution in [0.15, 0.2) is 35.1 Å². The second-order valence-corrected chi connectivity index (χ2v) is 7.85. The molecule has 3 rings (SSSR count). The lowest BCUT2D eigenvalue weighted by Crippen LogP contribution is -2.45. The van der Waals surface area contributed by atoms with E-state index >= 15 is 0 Å². The van der Waals surface area contributed by atoms with Crippen molar-refractivity contribution in [3.05, 3.63) is 62.1 Å². The number of nitro benzene ring substituents is 1. The summed E-state index contributed by atoms with van der Waals surface area (Å²) in [5, 5.41) is 20.3. The van der Waals surface area contributed by atoms with Crippen LogP contribution in [0, 0.1) is 32.8 Å². The first-order valence-electron chi connectivity index (χ1n) is 9.18. The van der Waals surface area contributed by atoms with Crippen LogP contribution in [0.3, 0.4) is 0 Å². The third kappa shape index (κ3) is 3.63. The number of nitrogens with zero attached hydrogens (tertiary/aromatic N) is 2. The third-order valence-corrected chi connectivity index (χ3v) is 6.04. The van der Waals surface area contributed by atoms with Gasteiger partial charge in [0.25, 0.3) is 11.2 Å². The molecule has 8 nitrogen and oxygen atoms in total. The van der Waals surface area contributed by atoms with Gasteiger partial charge in [0.05, 0.1) is 12.0 Å². The molecular formula is C21H21N3O5. The number of esters is 1. The summed E-state index contributed by atoms with van der Waals surface area (Å²) < 4.78 is 4.76. The summed E-state index contributed by atoms with van der Waals surface area (Å²) in [5.74, 6) is -0.127. The number of pyridine rings is 1. The Kier molecular flexibility index (Phi) is 5.25. The van der Waals surface area contributed by atoms with Gasteiger partial charge in [-0.2, -0.15) is 5.26 Å². The van der Waals surface area contributed by atoms with Crippen LogP contribution in [-0.4, -0.2) is 23.0 Å². The number of non-ortho nitro benzene ring substituents is 1. The van der Waals surface area contributed by atoms with Crippen LogP contribution < -0.4 is 5.56 Å². The molecule has 150 valence electrons. The van der Waals surface area contributed by atoms with Crippen molar-refractivity contribution in [3.63, 3.8) is 0 Å². The fourth-order valence-corrected chi connectivity index (χ4v) is 4.04. The molecule has 1 fully saturated rings. The Morgan fingerprint density at radius 1 is 1.38 bits per heavy atom. The molecule has 1 heterocycles. The molecule has 1 aliphatic rings. The van der Waals surface area contributed by atoms with E-state index in [9.17, 15) is 25.0 Å². The van der Waals surface area contributed by atoms with E-state index in [1.54, 1.807) is 6.07 Å². The van der Waals surface area contributed by atoms with Crippen molar-refractivity contribution in [1.82, 2.24) is 4.98 Å². The number of nitro groups is 1. The van der Waals surface area contributed by atoms with Crippen LogP contribution in [0.4, 0.5) is 5.69 Å². The fourth-order valence-electron chi connectivity index (χ4n) is 4.04. The molecule has 0 unspecified atom stereocenters. The summed E-state index contributed by atoms with van der Waals surface area (Å²) in [6.07, 6.45) is 1.03. The molecule has 1 aromatic carbocycles. The topological polar surface area (TPSA) is 126 Å². The van der Waals surface area contributed by atoms with Crippen LogP contribution in [0.25, 0.3) is 11.1 Å². The normalized spacial score (nSPS) is 19.7. The van der Waals surface area contributed by atoms with Gasteiger partial charge in [-0.3, -0.25) is 19.7 Å². The largest absolute Gasteiger partial charge is 0.469 e. The van der Waals surface area contributed by atoms with E-state index in [4.69, 9.17) is 4.74 Å². The number of aromatic amines is 1. The number of nitriles is 1. The second kappa shape index (κ2) is 7.51. The molecule has 1 aromatic heterocycles. The van der Waals surface area contributed by atoms with Crippen molar-refractivity contribution in [3.8, 4) is 17.2 Å². The van der Waals surface area contributed by atoms with Gasteiger partial charge in [-0.25, -0.2) is 0 Å². The number of ether oxygens (including phenoxy) is 1. The Morgan fingerprint density at radius 3 is 2.55 bits per heavy atom. The first kappa shape index (κ1) is 20.3. The minimum atomic E-state index is -0.503. The molecule has 8 heteroatoms. The molecule has 0 amide bonds. The van der Waals surface area contributed by atoms with Gasteiger partial charge in [-0.15, -0.1) is 0 Å². The summed E-state index contributed by atoms with van der Waals surface area (Å²) in [6.45, 7) is 4.08. The molecule has 1 saturated carbocycles. The number of H-pyrrole nitrogens is 1. The van der Waals surface area contributed by atoms with E-state index < -0.39 is 10.5 Å². The molecule has 0 saturated heterocycles. The predicted octanol–water partition coefficient (Wildman–Crippen LogP) is 3.51. The molecule has 0 aliphatic heterocycles. The van der Waals surface area contributed by atoms with Gasteiger partial charge in [0.15, 0.2) is 0 Å². The fraction of sp³-hybridized carbons (Fsp3) is 0.381. The van der Waals surface area contributed by atoms with Crippen LogP contribution in [-0.2, 0) is 9.53 Å². The van der Waals surface area contributed by atoms with Crippen molar-refractivity contribution < 1.29 is 14.5 Å². The number of hydrogen-bond acceptors (Lipinski definition) is 6. The number of benzene rings is 1. The van der Waals surface area contributed by atoms with Crippen molar-refractivity contribution in [2.24, 2.45) is 11.3 Å². The Labute approximate surface area is 167 Å². The molecule has 0 bridgehead atoms. The highest BCUT2D eigenvalue weighted by atomic mass is 16.6. The maximum atomic E-state index is 12.5. The lowest BCUT2D eigenvalue weighted by atomic mass is 9.52. The van der Waals surface area contributed by atoms with Crippen molar-refractivity contribution in [2.75, 3.05) is 7.11 Å². The summed E-state index contributed by atoms with van der Waals surface area (Å²) in [7, 11) is 1.36. The minimum Gasteiger partial charge on any atom is -0.469 e. The highest BCUT2D eigenvalue weighted by molar-refractivity contribution is 5.72. The summed E-state index contributed by atoms with van der Waals surface area (Å²) in [4.78, 5) is 37.4. The zero-order valence-corrected chi connectivity index (χ0v) is 16.4. The molecule has 1 aliphatic carbocycles. The van der Waals surface area contributed by atoms with Gasteiger partial charge in [-0.05, 0) is 41.5 Å². The lowest BCUT2D eigenvalue weighted by molar-refractivity contribution is -0.384. The molecule has 2 aromatic rings. The van der Waals surface area contributed by atoms with Gasteiger partial charge in [0.1, 0.15) is 11.6 Å². The van der Waals surface area contributed by atoms with E-state index in [2.05, 4.69) is 4.98 Å². The van der Waals surface area contributed by atoms with E-state index in [1.165, 1.54) is 31.4 Å². The summed E-state index contributed by atoms with van der Waals surface area (Å²) in [5.41, 5.74) is 0.849. The zero-order chi connectivity index (χ0) is 21.3. The number of hydrogen-bond donors (Lipinski definition) is 1. The quantitative estimate of drug-likeness (QED) is 0.469. The van der Waals surface area contributed by atoms with Crippen LogP contribution in [0.5, 0.6) is 0 Å². The number of carbonyl (C=O) groups excluding carboxylic acids is 1. The van der Waals surface area contributed by atoms with E-state index in [-0.39, 0.29) is 34.5 Å². The van der Waals surface area contributed by atoms with Crippen LogP contribution >= 0.6 is 0 Å². The van der Waals surface area contributed by atoms with Crippen LogP contribution in [0.2, 0.25) is 0 Å². The Bertz CT molecular complexity index is 1060. The summed E-state index contributed by atoms with van der Waals surface area (Å²) >= 11 is 0. The molecule has 29 heavy (non-hydrogen) atoms. The minimum absolute atomic E-state index is 0.00870. The van der Waals surface area contributed by atoms with E-state index in [0.717, 1.165) is 0 Å². The third-order valence-electron chi connectivity index (χ3n) is 6.04. The van der Waals surface area contributed by atoms with Gasteiger partial charge >= 0.3 is 5.97 Å². The molecule has 0 spiro atoms. The highest BCUT2D eigenvalue weighted by Crippen LogP contribution is 2.57. The molecular weight excluding hydrogens is 374 g/mol. The average molecular weight is 395 g/mol. The Morgan fingerprint density at radius 2 is 2.03 bits per heavy atom. The SMILES string of the molecule is COC(=O)C[C@@H]1C[C@H](c2cc(-c3ccc([N+](=O)[O-])cc3)c(C#N)c(=O)[nH]2)C1(C)C. The Balaban J connectivity index is 1.99. The maximum Gasteiger partial charge on any atom is 0.305 e. The van der Waals surface area contributed by atoms with Gasteiger partial charge < -0.3 is 9.72 Å². The van der Waals surface area contributed by atoms with Crippen LogP contribution in [0.1, 0.15) is 43.9 Å². The van der Waals surface area contributed by atoms with Crippen molar-refractivity contribution in [1.29, 1.82) is 5.26 Å². The second-order valence-electron chi connectivity index (χ2n) is 7.85. The number of aromatic nitrogens is 1. The predicted molar refractivity (Wildman–Crippen MR) is 105 cm³/mol. The Hall–Kier alpha value is -3.47. The molecule has 1 N–H and O–H groups in total. The zero-order valence-electron chi connectivity index (χ0n) is 16.4. The van der Waals surface area contributed by atoms with Gasteiger partial charge in [0, 0.05) is 35.7 Å². The number of rotatable bonds is 5. The first-order valence-corrected chi connectivity index (χ1v) is 9.18. The van der Waals surface area contributed by atoms with Crippen molar-refractivity contribution >= 4 is 11.7 Å². The molecule has 0 radical (unpaired) electrons. The number of carbonyl (C=O) groups is 1. The molecule has 2 atom stereocenters. The lowest BCUT2D eigenvalue weighted by Gasteiger charge is -2.52. The van der Waals surface area contributed by atoms with Gasteiger partial charge in [0.2, 0.25) is 0 Å². The van der Waals surface area contributed by atoms with Gasteiger partial charge in [-0.1, -0.05) is 13.8 Å². The first-order chi connectivity index (χ1) is 13.7. The smallest absolute Gasteiger partial charge is 0.305 e. The number of nitrogens with one attached hydrogen (secondary N) is 1. The summed E-state index contributed by atoms with van der Waals surface area (Å²) in [6, 6.07) is 9.44. The standard InChI is InChI=1S/C21H21N3O5/c1-21(2)13(9-19(25)29-3)8-17(21)18-10-15(16(11-22)20(26)23-18)12-4-6-14(7-5-12)24(27)28/h4-7,10,13,17H,8-9H2,1-3H3,(H,23,26)/t13-,17+/m0/s1. The van der Waals surface area contributed by atoms with E-state index in [1.807, 2.05) is 19.9 Å².